The molecule has 3 heterocycles. The maximum atomic E-state index is 12.1. The predicted octanol–water partition coefficient (Wildman–Crippen LogP) is 2.66. The maximum absolute atomic E-state index is 12.1. The third kappa shape index (κ3) is 3.37. The first-order chi connectivity index (χ1) is 12.2. The Labute approximate surface area is 147 Å². The lowest BCUT2D eigenvalue weighted by Gasteiger charge is -2.15. The van der Waals surface area contributed by atoms with E-state index in [-0.39, 0.29) is 18.1 Å². The first kappa shape index (κ1) is 16.1. The maximum Gasteiger partial charge on any atom is 0.249 e. The molecule has 1 saturated heterocycles. The summed E-state index contributed by atoms with van der Waals surface area (Å²) in [4.78, 5) is 16.6. The Bertz CT molecular complexity index is 770. The van der Waals surface area contributed by atoms with E-state index in [1.165, 1.54) is 11.1 Å². The van der Waals surface area contributed by atoms with Crippen molar-refractivity contribution in [2.45, 2.75) is 38.4 Å². The van der Waals surface area contributed by atoms with Gasteiger partial charge in [0.25, 0.3) is 0 Å². The minimum atomic E-state index is -0.296. The minimum Gasteiger partial charge on any atom is -0.487 e. The van der Waals surface area contributed by atoms with Crippen LogP contribution in [0.3, 0.4) is 0 Å². The summed E-state index contributed by atoms with van der Waals surface area (Å²) in [6.07, 6.45) is 4.00. The molecular formula is C20H22N2O3. The number of ether oxygens (including phenoxy) is 2. The fourth-order valence-electron chi connectivity index (χ4n) is 3.53. The van der Waals surface area contributed by atoms with Crippen molar-refractivity contribution in [2.75, 3.05) is 13.2 Å². The van der Waals surface area contributed by atoms with Crippen molar-refractivity contribution >= 4 is 5.91 Å². The van der Waals surface area contributed by atoms with E-state index in [1.54, 1.807) is 6.20 Å². The number of hydrogen-bond donors (Lipinski definition) is 1. The van der Waals surface area contributed by atoms with E-state index in [4.69, 9.17) is 9.47 Å². The normalized spacial score (nSPS) is 21.6. The standard InChI is InChI=1S/C20H22N2O3/c1-13-9-14-11-15(12-22-20(23)18-6-4-8-24-18)25-19(14)16(10-13)17-5-2-3-7-21-17/h2-3,5,7,9-10,15,18H,4,6,8,11-12H2,1H3,(H,22,23)/t15-,18-/m1/s1. The third-order valence-electron chi connectivity index (χ3n) is 4.71. The Kier molecular flexibility index (Phi) is 4.40. The van der Waals surface area contributed by atoms with Gasteiger partial charge >= 0.3 is 0 Å². The zero-order valence-corrected chi connectivity index (χ0v) is 14.3. The summed E-state index contributed by atoms with van der Waals surface area (Å²) in [5.74, 6) is 0.860. The highest BCUT2D eigenvalue weighted by molar-refractivity contribution is 5.81. The van der Waals surface area contributed by atoms with Crippen LogP contribution in [0, 0.1) is 6.92 Å². The molecule has 5 heteroatoms. The van der Waals surface area contributed by atoms with Gasteiger partial charge in [0.15, 0.2) is 0 Å². The Morgan fingerprint density at radius 3 is 3.04 bits per heavy atom. The molecule has 0 radical (unpaired) electrons. The SMILES string of the molecule is Cc1cc2c(c(-c3ccccn3)c1)O[C@@H](CNC(=O)[C@H]1CCCO1)C2. The first-order valence-corrected chi connectivity index (χ1v) is 8.81. The van der Waals surface area contributed by atoms with Crippen LogP contribution >= 0.6 is 0 Å². The molecule has 0 saturated carbocycles. The molecule has 0 bridgehead atoms. The molecule has 2 aliphatic heterocycles. The van der Waals surface area contributed by atoms with E-state index < -0.39 is 0 Å². The Morgan fingerprint density at radius 1 is 1.36 bits per heavy atom. The number of rotatable bonds is 4. The summed E-state index contributed by atoms with van der Waals surface area (Å²) in [6, 6.07) is 10.1. The Morgan fingerprint density at radius 2 is 2.28 bits per heavy atom. The highest BCUT2D eigenvalue weighted by Gasteiger charge is 2.29. The van der Waals surface area contributed by atoms with Gasteiger partial charge in [-0.15, -0.1) is 0 Å². The molecule has 4 rings (SSSR count). The summed E-state index contributed by atoms with van der Waals surface area (Å²) in [6.45, 7) is 3.25. The van der Waals surface area contributed by atoms with E-state index in [2.05, 4.69) is 29.4 Å². The number of benzene rings is 1. The van der Waals surface area contributed by atoms with Gasteiger partial charge < -0.3 is 14.8 Å². The number of carbonyl (C=O) groups excluding carboxylic acids is 1. The average molecular weight is 338 g/mol. The van der Waals surface area contributed by atoms with E-state index in [0.717, 1.165) is 36.3 Å². The predicted molar refractivity (Wildman–Crippen MR) is 94.5 cm³/mol. The number of aromatic nitrogens is 1. The van der Waals surface area contributed by atoms with Gasteiger partial charge in [0.1, 0.15) is 18.0 Å². The van der Waals surface area contributed by atoms with Crippen LogP contribution in [-0.2, 0) is 16.0 Å². The molecule has 2 aliphatic rings. The van der Waals surface area contributed by atoms with E-state index >= 15 is 0 Å². The lowest BCUT2D eigenvalue weighted by Crippen LogP contribution is -2.40. The number of pyridine rings is 1. The van der Waals surface area contributed by atoms with Crippen molar-refractivity contribution in [2.24, 2.45) is 0 Å². The topological polar surface area (TPSA) is 60.5 Å². The van der Waals surface area contributed by atoms with Crippen molar-refractivity contribution < 1.29 is 14.3 Å². The number of nitrogens with one attached hydrogen (secondary N) is 1. The van der Waals surface area contributed by atoms with E-state index in [1.807, 2.05) is 18.2 Å². The first-order valence-electron chi connectivity index (χ1n) is 8.81. The lowest BCUT2D eigenvalue weighted by atomic mass is 10.0. The van der Waals surface area contributed by atoms with Crippen molar-refractivity contribution in [3.8, 4) is 17.0 Å². The number of hydrogen-bond acceptors (Lipinski definition) is 4. The zero-order valence-electron chi connectivity index (χ0n) is 14.3. The molecular weight excluding hydrogens is 316 g/mol. The second kappa shape index (κ2) is 6.84. The zero-order chi connectivity index (χ0) is 17.2. The molecule has 5 nitrogen and oxygen atoms in total. The quantitative estimate of drug-likeness (QED) is 0.931. The van der Waals surface area contributed by atoms with Crippen LogP contribution in [0.5, 0.6) is 5.75 Å². The van der Waals surface area contributed by atoms with Crippen LogP contribution < -0.4 is 10.1 Å². The van der Waals surface area contributed by atoms with Crippen molar-refractivity contribution in [3.05, 3.63) is 47.7 Å². The molecule has 1 N–H and O–H groups in total. The van der Waals surface area contributed by atoms with Gasteiger partial charge in [-0.3, -0.25) is 9.78 Å². The second-order valence-corrected chi connectivity index (χ2v) is 6.71. The van der Waals surface area contributed by atoms with Gasteiger partial charge in [0, 0.05) is 24.8 Å². The molecule has 130 valence electrons. The molecule has 0 aliphatic carbocycles. The molecule has 0 spiro atoms. The van der Waals surface area contributed by atoms with Crippen molar-refractivity contribution in [1.82, 2.24) is 10.3 Å². The van der Waals surface area contributed by atoms with E-state index in [9.17, 15) is 4.79 Å². The van der Waals surface area contributed by atoms with Crippen LogP contribution in [0.2, 0.25) is 0 Å². The molecule has 2 atom stereocenters. The fourth-order valence-corrected chi connectivity index (χ4v) is 3.53. The molecule has 2 aromatic rings. The Balaban J connectivity index is 1.48. The summed E-state index contributed by atoms with van der Waals surface area (Å²) in [5.41, 5.74) is 4.29. The summed E-state index contributed by atoms with van der Waals surface area (Å²) in [7, 11) is 0. The second-order valence-electron chi connectivity index (χ2n) is 6.71. The monoisotopic (exact) mass is 338 g/mol. The van der Waals surface area contributed by atoms with Crippen molar-refractivity contribution in [3.63, 3.8) is 0 Å². The molecule has 0 unspecified atom stereocenters. The largest absolute Gasteiger partial charge is 0.487 e. The van der Waals surface area contributed by atoms with Gasteiger partial charge in [-0.05, 0) is 49.1 Å². The summed E-state index contributed by atoms with van der Waals surface area (Å²) in [5, 5.41) is 2.97. The highest BCUT2D eigenvalue weighted by atomic mass is 16.5. The fraction of sp³-hybridized carbons (Fsp3) is 0.400. The van der Waals surface area contributed by atoms with Crippen LogP contribution in [-0.4, -0.2) is 36.3 Å². The highest BCUT2D eigenvalue weighted by Crippen LogP contribution is 2.39. The summed E-state index contributed by atoms with van der Waals surface area (Å²) >= 11 is 0. The number of fused-ring (bicyclic) bond motifs is 1. The van der Waals surface area contributed by atoms with Crippen LogP contribution in [0.15, 0.2) is 36.5 Å². The van der Waals surface area contributed by atoms with Gasteiger partial charge in [0.2, 0.25) is 5.91 Å². The number of carbonyl (C=O) groups is 1. The molecule has 1 aromatic heterocycles. The van der Waals surface area contributed by atoms with Gasteiger partial charge in [-0.2, -0.15) is 0 Å². The lowest BCUT2D eigenvalue weighted by molar-refractivity contribution is -0.130. The smallest absolute Gasteiger partial charge is 0.249 e. The molecule has 1 amide bonds. The number of aryl methyl sites for hydroxylation is 1. The average Bonchev–Trinajstić information content (AvgIpc) is 3.29. The van der Waals surface area contributed by atoms with E-state index in [0.29, 0.717) is 13.2 Å². The van der Waals surface area contributed by atoms with Gasteiger partial charge in [-0.25, -0.2) is 0 Å². The van der Waals surface area contributed by atoms with Crippen LogP contribution in [0.25, 0.3) is 11.3 Å². The number of amides is 1. The van der Waals surface area contributed by atoms with Gasteiger partial charge in [0.05, 0.1) is 12.2 Å². The number of nitrogens with zero attached hydrogens (tertiary/aromatic N) is 1. The Hall–Kier alpha value is -2.40. The third-order valence-corrected chi connectivity index (χ3v) is 4.71. The van der Waals surface area contributed by atoms with Crippen LogP contribution in [0.1, 0.15) is 24.0 Å². The van der Waals surface area contributed by atoms with Gasteiger partial charge in [-0.1, -0.05) is 12.1 Å². The summed E-state index contributed by atoms with van der Waals surface area (Å²) < 4.78 is 11.6. The molecule has 25 heavy (non-hydrogen) atoms. The van der Waals surface area contributed by atoms with Crippen molar-refractivity contribution in [1.29, 1.82) is 0 Å². The molecule has 1 aromatic carbocycles. The minimum absolute atomic E-state index is 0.0295. The van der Waals surface area contributed by atoms with Crippen LogP contribution in [0.4, 0.5) is 0 Å². The molecule has 1 fully saturated rings.